The lowest BCUT2D eigenvalue weighted by Crippen LogP contribution is -2.73. The Balaban J connectivity index is 1.29. The first-order valence-electron chi connectivity index (χ1n) is 10.7. The zero-order valence-corrected chi connectivity index (χ0v) is 17.3. The van der Waals surface area contributed by atoms with Crippen molar-refractivity contribution in [3.63, 3.8) is 0 Å². The van der Waals surface area contributed by atoms with Gasteiger partial charge in [0.25, 0.3) is 0 Å². The van der Waals surface area contributed by atoms with Gasteiger partial charge in [0.2, 0.25) is 0 Å². The molecular weight excluding hydrogens is 378 g/mol. The number of hydrogen-bond donors (Lipinski definition) is 1. The molecule has 3 aromatic rings. The Morgan fingerprint density at radius 3 is 2.97 bits per heavy atom. The molecule has 5 rings (SSSR count). The number of aromatic nitrogens is 3. The largest absolute Gasteiger partial charge is 0.449 e. The van der Waals surface area contributed by atoms with Crippen molar-refractivity contribution in [2.24, 2.45) is 5.92 Å². The van der Waals surface area contributed by atoms with Crippen molar-refractivity contribution in [2.75, 3.05) is 31.1 Å². The number of piperidine rings is 1. The van der Waals surface area contributed by atoms with Crippen LogP contribution in [0, 0.1) is 5.92 Å². The molecule has 0 aliphatic carbocycles. The molecule has 2 aromatic heterocycles. The average Bonchev–Trinajstić information content (AvgIpc) is 3.27. The smallest absolute Gasteiger partial charge is 0.410 e. The number of likely N-dealkylation sites (tertiary alicyclic amines) is 1. The van der Waals surface area contributed by atoms with Crippen LogP contribution < -0.4 is 4.90 Å². The minimum atomic E-state index is -0.194. The third kappa shape index (κ3) is 3.18. The van der Waals surface area contributed by atoms with Crippen molar-refractivity contribution in [1.29, 1.82) is 0 Å². The molecular formula is C23H27N5O2. The van der Waals surface area contributed by atoms with Crippen molar-refractivity contribution in [3.8, 4) is 0 Å². The van der Waals surface area contributed by atoms with Gasteiger partial charge in [0.1, 0.15) is 17.8 Å². The molecule has 2 aliphatic heterocycles. The van der Waals surface area contributed by atoms with E-state index >= 15 is 0 Å². The molecule has 4 heterocycles. The highest BCUT2D eigenvalue weighted by molar-refractivity contribution is 5.87. The van der Waals surface area contributed by atoms with Gasteiger partial charge in [-0.1, -0.05) is 37.3 Å². The van der Waals surface area contributed by atoms with Crippen LogP contribution in [0.15, 0.2) is 48.9 Å². The molecule has 2 saturated heterocycles. The number of nitrogens with zero attached hydrogens (tertiary/aromatic N) is 4. The highest BCUT2D eigenvalue weighted by Gasteiger charge is 2.55. The Bertz CT molecular complexity index is 1040. The minimum absolute atomic E-state index is 0.185. The van der Waals surface area contributed by atoms with Crippen LogP contribution in [0.1, 0.15) is 25.3 Å². The molecule has 0 radical (unpaired) electrons. The number of ether oxygens (including phenoxy) is 1. The van der Waals surface area contributed by atoms with E-state index in [1.54, 1.807) is 6.33 Å². The lowest BCUT2D eigenvalue weighted by Gasteiger charge is -2.60. The van der Waals surface area contributed by atoms with E-state index in [-0.39, 0.29) is 11.6 Å². The van der Waals surface area contributed by atoms with Crippen LogP contribution in [0.5, 0.6) is 0 Å². The second-order valence-corrected chi connectivity index (χ2v) is 8.43. The molecule has 30 heavy (non-hydrogen) atoms. The molecule has 2 atom stereocenters. The maximum Gasteiger partial charge on any atom is 0.410 e. The molecule has 0 bridgehead atoms. The van der Waals surface area contributed by atoms with Crippen LogP contribution in [0.4, 0.5) is 10.6 Å². The van der Waals surface area contributed by atoms with Gasteiger partial charge in [0.15, 0.2) is 0 Å². The summed E-state index contributed by atoms with van der Waals surface area (Å²) >= 11 is 0. The molecule has 1 spiro atoms. The van der Waals surface area contributed by atoms with Gasteiger partial charge in [-0.15, -0.1) is 0 Å². The van der Waals surface area contributed by atoms with Crippen molar-refractivity contribution in [3.05, 3.63) is 54.5 Å². The first-order valence-corrected chi connectivity index (χ1v) is 10.7. The van der Waals surface area contributed by atoms with Gasteiger partial charge in [-0.2, -0.15) is 0 Å². The van der Waals surface area contributed by atoms with Gasteiger partial charge in [-0.05, 0) is 30.4 Å². The van der Waals surface area contributed by atoms with Crippen molar-refractivity contribution in [2.45, 2.75) is 31.7 Å². The number of carbonyl (C=O) groups is 1. The van der Waals surface area contributed by atoms with E-state index in [0.717, 1.165) is 55.7 Å². The zero-order valence-electron chi connectivity index (χ0n) is 17.3. The molecule has 7 heteroatoms. The van der Waals surface area contributed by atoms with Crippen molar-refractivity contribution in [1.82, 2.24) is 19.9 Å². The molecule has 7 nitrogen and oxygen atoms in total. The standard InChI is InChI=1S/C23H27N5O2/c1-17-14-28(22(29)30-13-9-18-6-3-2-4-7-18)23(17)10-5-12-27(15-23)21-19-8-11-24-20(19)25-16-26-21/h2-4,6-8,11,16-17H,5,9-10,12-15H2,1H3,(H,24,25,26). The number of hydrogen-bond acceptors (Lipinski definition) is 5. The van der Waals surface area contributed by atoms with E-state index in [9.17, 15) is 4.79 Å². The first kappa shape index (κ1) is 18.9. The molecule has 2 unspecified atom stereocenters. The highest BCUT2D eigenvalue weighted by Crippen LogP contribution is 2.44. The maximum absolute atomic E-state index is 12.9. The Kier molecular flexibility index (Phi) is 4.81. The number of amides is 1. The number of benzene rings is 1. The summed E-state index contributed by atoms with van der Waals surface area (Å²) in [5.41, 5.74) is 1.84. The van der Waals surface area contributed by atoms with Crippen LogP contribution in [0.25, 0.3) is 11.0 Å². The van der Waals surface area contributed by atoms with Crippen LogP contribution >= 0.6 is 0 Å². The van der Waals surface area contributed by atoms with E-state index < -0.39 is 0 Å². The minimum Gasteiger partial charge on any atom is -0.449 e. The zero-order chi connectivity index (χ0) is 20.6. The summed E-state index contributed by atoms with van der Waals surface area (Å²) in [7, 11) is 0. The molecule has 1 aromatic carbocycles. The number of rotatable bonds is 4. The maximum atomic E-state index is 12.9. The van der Waals surface area contributed by atoms with E-state index in [0.29, 0.717) is 12.5 Å². The summed E-state index contributed by atoms with van der Waals surface area (Å²) in [5, 5.41) is 1.03. The number of nitrogens with one attached hydrogen (secondary N) is 1. The van der Waals surface area contributed by atoms with E-state index in [4.69, 9.17) is 4.74 Å². The number of anilines is 1. The Hall–Kier alpha value is -3.09. The third-order valence-electron chi connectivity index (χ3n) is 6.73. The number of H-pyrrole nitrogens is 1. The van der Waals surface area contributed by atoms with Crippen LogP contribution in [0.2, 0.25) is 0 Å². The SMILES string of the molecule is CC1CN(C(=O)OCCc2ccccc2)C12CCCN(c1ncnc3[nH]ccc13)C2. The third-order valence-corrected chi connectivity index (χ3v) is 6.73. The molecule has 1 N–H and O–H groups in total. The predicted molar refractivity (Wildman–Crippen MR) is 115 cm³/mol. The van der Waals surface area contributed by atoms with Crippen molar-refractivity contribution >= 4 is 22.9 Å². The lowest BCUT2D eigenvalue weighted by molar-refractivity contribution is -0.0687. The fourth-order valence-corrected chi connectivity index (χ4v) is 4.99. The van der Waals surface area contributed by atoms with E-state index in [2.05, 4.69) is 38.9 Å². The second-order valence-electron chi connectivity index (χ2n) is 8.43. The van der Waals surface area contributed by atoms with Crippen LogP contribution in [-0.4, -0.2) is 57.7 Å². The van der Waals surface area contributed by atoms with Crippen molar-refractivity contribution < 1.29 is 9.53 Å². The number of aromatic amines is 1. The summed E-state index contributed by atoms with van der Waals surface area (Å²) in [4.78, 5) is 29.2. The lowest BCUT2D eigenvalue weighted by atomic mass is 9.70. The van der Waals surface area contributed by atoms with E-state index in [1.165, 1.54) is 5.56 Å². The quantitative estimate of drug-likeness (QED) is 0.718. The Morgan fingerprint density at radius 2 is 2.13 bits per heavy atom. The molecule has 1 amide bonds. The van der Waals surface area contributed by atoms with Gasteiger partial charge in [-0.3, -0.25) is 0 Å². The normalized spacial score (nSPS) is 23.6. The average molecular weight is 406 g/mol. The summed E-state index contributed by atoms with van der Waals surface area (Å²) in [6.07, 6.45) is 6.07. The van der Waals surface area contributed by atoms with Crippen LogP contribution in [0.3, 0.4) is 0 Å². The molecule has 0 saturated carbocycles. The van der Waals surface area contributed by atoms with Gasteiger partial charge in [0, 0.05) is 32.3 Å². The van der Waals surface area contributed by atoms with Gasteiger partial charge in [-0.25, -0.2) is 14.8 Å². The second kappa shape index (κ2) is 7.63. The van der Waals surface area contributed by atoms with Crippen LogP contribution in [-0.2, 0) is 11.2 Å². The highest BCUT2D eigenvalue weighted by atomic mass is 16.6. The molecule has 156 valence electrons. The summed E-state index contributed by atoms with van der Waals surface area (Å²) < 4.78 is 5.66. The summed E-state index contributed by atoms with van der Waals surface area (Å²) in [5.74, 6) is 1.38. The molecule has 2 fully saturated rings. The molecule has 2 aliphatic rings. The van der Waals surface area contributed by atoms with Gasteiger partial charge < -0.3 is 19.5 Å². The monoisotopic (exact) mass is 405 g/mol. The fourth-order valence-electron chi connectivity index (χ4n) is 4.99. The summed E-state index contributed by atoms with van der Waals surface area (Å²) in [6.45, 7) is 5.11. The fraction of sp³-hybridized carbons (Fsp3) is 0.435. The predicted octanol–water partition coefficient (Wildman–Crippen LogP) is 3.63. The number of fused-ring (bicyclic) bond motifs is 1. The topological polar surface area (TPSA) is 74.3 Å². The Labute approximate surface area is 176 Å². The first-order chi connectivity index (χ1) is 14.7. The summed E-state index contributed by atoms with van der Waals surface area (Å²) in [6, 6.07) is 12.1. The number of carbonyl (C=O) groups excluding carboxylic acids is 1. The van der Waals surface area contributed by atoms with E-state index in [1.807, 2.05) is 35.4 Å². The van der Waals surface area contributed by atoms with Gasteiger partial charge >= 0.3 is 6.09 Å². The Morgan fingerprint density at radius 1 is 1.27 bits per heavy atom. The van der Waals surface area contributed by atoms with Gasteiger partial charge in [0.05, 0.1) is 17.5 Å².